The molecule has 0 bridgehead atoms. The van der Waals surface area contributed by atoms with Gasteiger partial charge < -0.3 is 9.52 Å². The van der Waals surface area contributed by atoms with E-state index in [0.717, 1.165) is 10.8 Å². The Kier molecular flexibility index (Phi) is 45.6. The van der Waals surface area contributed by atoms with Crippen molar-refractivity contribution >= 4 is 71.0 Å². The Morgan fingerprint density at radius 2 is 1.06 bits per heavy atom. The first-order chi connectivity index (χ1) is 41.9. The van der Waals surface area contributed by atoms with Crippen molar-refractivity contribution in [2.75, 3.05) is 0 Å². The molecular formula is C82H119NO11. The maximum absolute atomic E-state index is 11.3. The van der Waals surface area contributed by atoms with Crippen molar-refractivity contribution in [1.82, 2.24) is 0 Å². The second-order valence-electron chi connectivity index (χ2n) is 32.1. The topological polar surface area (TPSA) is 211 Å². The summed E-state index contributed by atoms with van der Waals surface area (Å²) in [5.41, 5.74) is 2.56. The summed E-state index contributed by atoms with van der Waals surface area (Å²) >= 11 is 0. The molecule has 1 N–H and O–H groups in total. The lowest BCUT2D eigenvalue weighted by Crippen LogP contribution is -2.30. The normalized spacial score (nSPS) is 12.9. The van der Waals surface area contributed by atoms with E-state index in [9.17, 15) is 43.2 Å². The van der Waals surface area contributed by atoms with Gasteiger partial charge in [-0.1, -0.05) is 246 Å². The van der Waals surface area contributed by atoms with E-state index in [-0.39, 0.29) is 84.3 Å². The van der Waals surface area contributed by atoms with Crippen LogP contribution in [-0.2, 0) is 43.2 Å². The number of carbonyl (C=O) groups excluding carboxylic acids is 8. The lowest BCUT2D eigenvalue weighted by Gasteiger charge is -2.23. The number of nitriles is 1. The molecule has 1 heterocycles. The third-order valence-corrected chi connectivity index (χ3v) is 10.3. The van der Waals surface area contributed by atoms with E-state index in [2.05, 4.69) is 110 Å². The fourth-order valence-electron chi connectivity index (χ4n) is 6.05. The van der Waals surface area contributed by atoms with Gasteiger partial charge in [0.15, 0.2) is 35.0 Å². The third-order valence-electron chi connectivity index (χ3n) is 10.3. The molecule has 12 nitrogen and oxygen atoms in total. The van der Waals surface area contributed by atoms with Crippen LogP contribution in [0.2, 0.25) is 0 Å². The number of carbonyl (C=O) groups is 9. The highest BCUT2D eigenvalue weighted by Crippen LogP contribution is 2.31. The molecule has 12 heteroatoms. The largest absolute Gasteiger partial charge is 0.472 e. The van der Waals surface area contributed by atoms with Gasteiger partial charge in [0, 0.05) is 57.3 Å². The highest BCUT2D eigenvalue weighted by molar-refractivity contribution is 6.19. The van der Waals surface area contributed by atoms with Gasteiger partial charge in [0.05, 0.1) is 5.92 Å². The zero-order valence-electron chi connectivity index (χ0n) is 63.6. The molecule has 0 unspecified atom stereocenters. The summed E-state index contributed by atoms with van der Waals surface area (Å²) in [6, 6.07) is 15.7. The van der Waals surface area contributed by atoms with Gasteiger partial charge in [-0.05, 0) is 135 Å². The highest BCUT2D eigenvalue weighted by atomic mass is 16.4. The smallest absolute Gasteiger partial charge is 0.382 e. The van der Waals surface area contributed by atoms with Gasteiger partial charge in [0.1, 0.15) is 16.6 Å². The molecule has 0 aliphatic heterocycles. The van der Waals surface area contributed by atoms with Crippen molar-refractivity contribution in [2.45, 2.75) is 215 Å². The average molecular weight is 1290 g/mol. The predicted molar refractivity (Wildman–Crippen MR) is 392 cm³/mol. The Morgan fingerprint density at radius 3 is 1.30 bits per heavy atom. The Labute approximate surface area is 569 Å². The van der Waals surface area contributed by atoms with Crippen LogP contribution in [0.5, 0.6) is 0 Å². The monoisotopic (exact) mass is 1290 g/mol. The summed E-state index contributed by atoms with van der Waals surface area (Å²) in [6.45, 7) is 71.0. The zero-order valence-corrected chi connectivity index (χ0v) is 63.6. The molecule has 0 fully saturated rings. The van der Waals surface area contributed by atoms with E-state index < -0.39 is 17.3 Å². The summed E-state index contributed by atoms with van der Waals surface area (Å²) in [5.74, 6) is 12.4. The summed E-state index contributed by atoms with van der Waals surface area (Å²) in [6.07, 6.45) is 16.0. The molecule has 518 valence electrons. The molecule has 4 rings (SSSR count). The van der Waals surface area contributed by atoms with Crippen molar-refractivity contribution in [2.24, 2.45) is 60.6 Å². The summed E-state index contributed by atoms with van der Waals surface area (Å²) in [5, 5.41) is 16.1. The second-order valence-corrected chi connectivity index (χ2v) is 32.1. The number of ketones is 8. The van der Waals surface area contributed by atoms with Crippen LogP contribution in [0.15, 0.2) is 114 Å². The Morgan fingerprint density at radius 1 is 0.606 bits per heavy atom. The number of carboxylic acids is 1. The van der Waals surface area contributed by atoms with Crippen molar-refractivity contribution in [3.05, 3.63) is 126 Å². The van der Waals surface area contributed by atoms with E-state index >= 15 is 0 Å². The van der Waals surface area contributed by atoms with E-state index in [1.165, 1.54) is 48.9 Å². The number of hydrogen-bond acceptors (Lipinski definition) is 11. The first kappa shape index (κ1) is 96.8. The fraction of sp³-hybridized carbons (Fsp3) is 0.512. The molecule has 1 aromatic heterocycles. The van der Waals surface area contributed by atoms with Gasteiger partial charge >= 0.3 is 5.97 Å². The van der Waals surface area contributed by atoms with Crippen LogP contribution < -0.4 is 10.8 Å². The number of aliphatic carboxylic acids is 1. The molecule has 0 saturated heterocycles. The molecule has 1 aromatic carbocycles. The van der Waals surface area contributed by atoms with Crippen LogP contribution in [-0.4, -0.2) is 57.3 Å². The van der Waals surface area contributed by atoms with Crippen molar-refractivity contribution in [3.63, 3.8) is 0 Å². The van der Waals surface area contributed by atoms with Gasteiger partial charge in [0.25, 0.3) is 0 Å². The molecule has 0 amide bonds. The van der Waals surface area contributed by atoms with Crippen molar-refractivity contribution < 1.29 is 52.7 Å². The number of rotatable bonds is 4. The predicted octanol–water partition coefficient (Wildman–Crippen LogP) is 17.4. The van der Waals surface area contributed by atoms with Gasteiger partial charge in [-0.3, -0.25) is 38.4 Å². The van der Waals surface area contributed by atoms with Crippen LogP contribution in [0.25, 0.3) is 18.7 Å². The van der Waals surface area contributed by atoms with Gasteiger partial charge in [-0.25, -0.2) is 4.79 Å². The zero-order chi connectivity index (χ0) is 75.8. The standard InChI is InChI=1S/C10H12O2.C10H14O.C10H10.C9H12O2.C8H10O3.C8H12O.C8H16O.C7H9N.C7H12O.C5H12/c1-10(2,3)8-6-7(11)4-5-9(8)12;1-8-5-6-9(11-8)7-10(2,3)4;1-2-3-7-10-8-5-4-6-9-10;1-9(2,3)8-6(10)4-5-7(8)11;1-8(2,3)6(9)4-5-7(10)11;1-7(9)5-6-8(2,3)4;1-6(2)7(9)8(3,4)5;1-7(2,3)5-4-6-8;1-5-6(8)7(2,3)4;1-5(2,3)4/h4-6H,1-3H3;5-7H,1H2,2-4H3;2-9H,1H2;4-5,8H,1-3H3;1-3H3,(H,10,11);1-4H3;6H,1-5H3;1-3H3;5H,1H2,2-4H3;1-4H3/b;9-7+;7-3-;;;;;;;. The van der Waals surface area contributed by atoms with Crippen LogP contribution in [0.4, 0.5) is 0 Å². The average Bonchev–Trinajstić information content (AvgIpc) is 1.55. The molecule has 2 aromatic rings. The van der Waals surface area contributed by atoms with Crippen LogP contribution in [0, 0.1) is 107 Å². The van der Waals surface area contributed by atoms with E-state index in [1.54, 1.807) is 38.8 Å². The lowest BCUT2D eigenvalue weighted by atomic mass is 9.78. The number of nitrogens with zero attached hydrogens (tertiary/aromatic N) is 1. The number of hydrogen-bond donors (Lipinski definition) is 1. The van der Waals surface area contributed by atoms with Crippen LogP contribution >= 0.6 is 0 Å². The maximum Gasteiger partial charge on any atom is 0.382 e. The lowest BCUT2D eigenvalue weighted by molar-refractivity contribution is -0.131. The van der Waals surface area contributed by atoms with Crippen LogP contribution in [0.3, 0.4) is 0 Å². The SMILES string of the molecule is C=C/C=C\c1ccccc1.C=CC(=O)C(C)(C)C.C=c1cc/c(=C\C(C)(C)C)o1.CC(=O)C#CC(C)(C)C.CC(C)(C)C.CC(C)(C)C#CC#N.CC(C)(C)C(=O)C#CC(=O)O.CC(C)(C)C1=CC(=O)C=CC1=O.CC(C)(C)C1C(=O)C=CC1=O.CC(C)C(=O)C(C)(C)C. The minimum absolute atomic E-state index is 0.0320. The fourth-order valence-corrected chi connectivity index (χ4v) is 6.05. The summed E-state index contributed by atoms with van der Waals surface area (Å²) in [4.78, 5) is 97.5. The van der Waals surface area contributed by atoms with E-state index in [4.69, 9.17) is 14.8 Å². The first-order valence-electron chi connectivity index (χ1n) is 31.2. The molecule has 0 radical (unpaired) electrons. The van der Waals surface area contributed by atoms with Crippen LogP contribution in [0.1, 0.15) is 220 Å². The van der Waals surface area contributed by atoms with Gasteiger partial charge in [0.2, 0.25) is 11.6 Å². The van der Waals surface area contributed by atoms with Crippen molar-refractivity contribution in [3.8, 4) is 41.6 Å². The minimum Gasteiger partial charge on any atom is -0.472 e. The molecule has 0 atom stereocenters. The third kappa shape index (κ3) is 62.5. The number of carboxylic acid groups (broad SMARTS) is 1. The molecule has 2 aliphatic rings. The maximum atomic E-state index is 11.3. The van der Waals surface area contributed by atoms with E-state index in [1.807, 2.05) is 187 Å². The first-order valence-corrected chi connectivity index (χ1v) is 31.2. The number of benzene rings is 1. The Hall–Kier alpha value is -8.32. The highest BCUT2D eigenvalue weighted by Gasteiger charge is 2.38. The second kappa shape index (κ2) is 44.3. The molecule has 0 saturated carbocycles. The molecule has 94 heavy (non-hydrogen) atoms. The molecule has 0 spiro atoms. The minimum atomic E-state index is -1.28. The van der Waals surface area contributed by atoms with Crippen molar-refractivity contribution in [1.29, 1.82) is 5.26 Å². The summed E-state index contributed by atoms with van der Waals surface area (Å²) in [7, 11) is 0. The van der Waals surface area contributed by atoms with Gasteiger partial charge in [-0.15, -0.1) is 0 Å². The number of furan rings is 1. The molecular weight excluding hydrogens is 1170 g/mol. The van der Waals surface area contributed by atoms with E-state index in [0.29, 0.717) is 16.8 Å². The van der Waals surface area contributed by atoms with Gasteiger partial charge in [-0.2, -0.15) is 5.26 Å². The Balaban J connectivity index is -0.000000230. The molecule has 2 aliphatic carbocycles. The Bertz CT molecular complexity index is 3270. The quantitative estimate of drug-likeness (QED) is 0.0757. The number of Topliss-reactive ketones (excluding diaryl/α,β-unsaturated/α-hetero) is 3. The summed E-state index contributed by atoms with van der Waals surface area (Å²) < 4.78 is 5.29. The number of allylic oxidation sites excluding steroid dienone is 9.